The van der Waals surface area contributed by atoms with Crippen LogP contribution in [0.25, 0.3) is 11.1 Å². The molecule has 3 aromatic rings. The van der Waals surface area contributed by atoms with Crippen molar-refractivity contribution in [3.8, 4) is 11.1 Å². The van der Waals surface area contributed by atoms with Gasteiger partial charge in [0.2, 0.25) is 0 Å². The quantitative estimate of drug-likeness (QED) is 0.551. The van der Waals surface area contributed by atoms with E-state index in [1.165, 1.54) is 24.5 Å². The summed E-state index contributed by atoms with van der Waals surface area (Å²) in [5.74, 6) is -1.73. The molecule has 0 aliphatic carbocycles. The number of nitrogens with zero attached hydrogens (tertiary/aromatic N) is 3. The van der Waals surface area contributed by atoms with Crippen LogP contribution >= 0.6 is 11.6 Å². The van der Waals surface area contributed by atoms with Gasteiger partial charge in [-0.1, -0.05) is 11.6 Å². The van der Waals surface area contributed by atoms with Crippen molar-refractivity contribution in [1.82, 2.24) is 20.3 Å². The molecule has 3 rings (SSSR count). The molecular weight excluding hydrogens is 443 g/mol. The van der Waals surface area contributed by atoms with Gasteiger partial charge in [-0.15, -0.1) is 0 Å². The molecular formula is C20H14ClF5N4O. The van der Waals surface area contributed by atoms with Gasteiger partial charge in [0.15, 0.2) is 11.4 Å². The number of rotatable bonds is 5. The van der Waals surface area contributed by atoms with Crippen LogP contribution in [-0.2, 0) is 11.8 Å². The Labute approximate surface area is 178 Å². The fraction of sp³-hybridized carbons (Fsp3) is 0.200. The zero-order valence-electron chi connectivity index (χ0n) is 15.8. The summed E-state index contributed by atoms with van der Waals surface area (Å²) in [4.78, 5) is 23.1. The minimum atomic E-state index is -4.85. The molecule has 162 valence electrons. The van der Waals surface area contributed by atoms with Gasteiger partial charge in [0, 0.05) is 29.7 Å². The van der Waals surface area contributed by atoms with E-state index >= 15 is 4.39 Å². The van der Waals surface area contributed by atoms with Crippen LogP contribution in [0, 0.1) is 5.82 Å². The molecule has 0 saturated carbocycles. The maximum absolute atomic E-state index is 15.2. The van der Waals surface area contributed by atoms with Crippen LogP contribution in [0.1, 0.15) is 28.7 Å². The molecule has 1 amide bonds. The second-order valence-corrected chi connectivity index (χ2v) is 7.13. The van der Waals surface area contributed by atoms with Gasteiger partial charge in [0.05, 0.1) is 29.0 Å². The molecule has 5 nitrogen and oxygen atoms in total. The minimum absolute atomic E-state index is 0.113. The molecule has 0 fully saturated rings. The average molecular weight is 457 g/mol. The second kappa shape index (κ2) is 8.54. The molecule has 0 saturated heterocycles. The summed E-state index contributed by atoms with van der Waals surface area (Å²) in [7, 11) is 0. The van der Waals surface area contributed by atoms with E-state index in [1.807, 2.05) is 0 Å². The molecule has 0 aliphatic rings. The second-order valence-electron chi connectivity index (χ2n) is 6.72. The molecule has 0 aromatic carbocycles. The van der Waals surface area contributed by atoms with Gasteiger partial charge < -0.3 is 5.32 Å². The predicted octanol–water partition coefficient (Wildman–Crippen LogP) is 4.96. The first-order chi connectivity index (χ1) is 14.5. The van der Waals surface area contributed by atoms with Gasteiger partial charge in [-0.3, -0.25) is 19.7 Å². The normalized spacial score (nSPS) is 13.5. The number of halogens is 6. The van der Waals surface area contributed by atoms with Gasteiger partial charge in [-0.25, -0.2) is 8.78 Å². The van der Waals surface area contributed by atoms with E-state index in [1.54, 1.807) is 0 Å². The van der Waals surface area contributed by atoms with E-state index in [4.69, 9.17) is 11.6 Å². The zero-order chi connectivity index (χ0) is 22.8. The smallest absolute Gasteiger partial charge is 0.348 e. The Morgan fingerprint density at radius 1 is 1.06 bits per heavy atom. The number of nitrogens with one attached hydrogen (secondary N) is 1. The van der Waals surface area contributed by atoms with E-state index < -0.39 is 41.4 Å². The summed E-state index contributed by atoms with van der Waals surface area (Å²) in [5, 5.41) is 2.01. The van der Waals surface area contributed by atoms with Gasteiger partial charge in [0.25, 0.3) is 5.91 Å². The van der Waals surface area contributed by atoms with Crippen molar-refractivity contribution in [3.63, 3.8) is 0 Å². The van der Waals surface area contributed by atoms with Gasteiger partial charge in [-0.05, 0) is 31.2 Å². The highest BCUT2D eigenvalue weighted by atomic mass is 35.5. The summed E-state index contributed by atoms with van der Waals surface area (Å²) in [6, 6.07) is 4.65. The van der Waals surface area contributed by atoms with E-state index in [0.717, 1.165) is 31.5 Å². The van der Waals surface area contributed by atoms with Gasteiger partial charge in [-0.2, -0.15) is 13.2 Å². The summed E-state index contributed by atoms with van der Waals surface area (Å²) < 4.78 is 67.7. The van der Waals surface area contributed by atoms with Crippen molar-refractivity contribution in [2.24, 2.45) is 0 Å². The Bertz CT molecular complexity index is 1120. The maximum Gasteiger partial charge on any atom is 0.434 e. The van der Waals surface area contributed by atoms with Crippen LogP contribution in [0.3, 0.4) is 0 Å². The lowest BCUT2D eigenvalue weighted by Gasteiger charge is -2.22. The highest BCUT2D eigenvalue weighted by molar-refractivity contribution is 6.31. The summed E-state index contributed by atoms with van der Waals surface area (Å²) >= 11 is 6.13. The number of pyridine rings is 3. The molecule has 0 spiro atoms. The number of aromatic nitrogens is 3. The zero-order valence-corrected chi connectivity index (χ0v) is 16.6. The number of hydrogen-bond acceptors (Lipinski definition) is 4. The van der Waals surface area contributed by atoms with Crippen molar-refractivity contribution in [2.45, 2.75) is 18.8 Å². The fourth-order valence-corrected chi connectivity index (χ4v) is 3.15. The van der Waals surface area contributed by atoms with Crippen molar-refractivity contribution in [3.05, 3.63) is 76.8 Å². The predicted molar refractivity (Wildman–Crippen MR) is 102 cm³/mol. The highest BCUT2D eigenvalue weighted by Gasteiger charge is 2.38. The summed E-state index contributed by atoms with van der Waals surface area (Å²) in [5.41, 5.74) is -3.93. The lowest BCUT2D eigenvalue weighted by molar-refractivity contribution is -0.141. The molecule has 0 radical (unpaired) electrons. The van der Waals surface area contributed by atoms with Crippen LogP contribution in [0.4, 0.5) is 22.0 Å². The Balaban J connectivity index is 1.79. The van der Waals surface area contributed by atoms with Crippen LogP contribution in [0.15, 0.2) is 49.1 Å². The third-order valence-corrected chi connectivity index (χ3v) is 4.56. The number of amides is 1. The third-order valence-electron chi connectivity index (χ3n) is 4.27. The van der Waals surface area contributed by atoms with Crippen LogP contribution in [0.5, 0.6) is 0 Å². The van der Waals surface area contributed by atoms with Crippen molar-refractivity contribution >= 4 is 17.5 Å². The molecule has 0 aliphatic heterocycles. The summed E-state index contributed by atoms with van der Waals surface area (Å²) in [6.45, 7) is 0.366. The van der Waals surface area contributed by atoms with Crippen molar-refractivity contribution in [1.29, 1.82) is 0 Å². The first-order valence-electron chi connectivity index (χ1n) is 8.75. The van der Waals surface area contributed by atoms with Gasteiger partial charge in [0.1, 0.15) is 5.82 Å². The standard InChI is InChI=1S/C20H14ClF5N4O/c1-19(23,10-30-18(31)14-3-2-4-28-16(14)20(24,25)26)17-15(21)6-12(8-29-17)11-5-13(22)9-27-7-11/h2-9H,10H2,1H3,(H,30,31). The monoisotopic (exact) mass is 456 g/mol. The lowest BCUT2D eigenvalue weighted by Crippen LogP contribution is -2.37. The molecule has 0 bridgehead atoms. The number of carbonyl (C=O) groups excluding carboxylic acids is 1. The highest BCUT2D eigenvalue weighted by Crippen LogP contribution is 2.33. The molecule has 3 heterocycles. The number of carbonyl (C=O) groups is 1. The average Bonchev–Trinajstić information content (AvgIpc) is 2.71. The molecule has 1 atom stereocenters. The summed E-state index contributed by atoms with van der Waals surface area (Å²) in [6.07, 6.45) is -0.310. The fourth-order valence-electron chi connectivity index (χ4n) is 2.79. The van der Waals surface area contributed by atoms with Crippen molar-refractivity contribution in [2.75, 3.05) is 6.54 Å². The van der Waals surface area contributed by atoms with E-state index in [9.17, 15) is 22.4 Å². The Morgan fingerprint density at radius 2 is 1.77 bits per heavy atom. The molecule has 11 heteroatoms. The molecule has 1 unspecified atom stereocenters. The Kier molecular flexibility index (Phi) is 6.21. The van der Waals surface area contributed by atoms with Crippen LogP contribution in [-0.4, -0.2) is 27.4 Å². The molecule has 31 heavy (non-hydrogen) atoms. The Hall–Kier alpha value is -3.14. The SMILES string of the molecule is CC(F)(CNC(=O)c1cccnc1C(F)(F)F)c1ncc(-c2cncc(F)c2)cc1Cl. The number of alkyl halides is 4. The first kappa shape index (κ1) is 22.5. The largest absolute Gasteiger partial charge is 0.434 e. The minimum Gasteiger partial charge on any atom is -0.348 e. The Morgan fingerprint density at radius 3 is 2.42 bits per heavy atom. The van der Waals surface area contributed by atoms with Crippen LogP contribution < -0.4 is 5.32 Å². The maximum atomic E-state index is 15.2. The van der Waals surface area contributed by atoms with E-state index in [-0.39, 0.29) is 10.7 Å². The van der Waals surface area contributed by atoms with Crippen LogP contribution in [0.2, 0.25) is 5.02 Å². The first-order valence-corrected chi connectivity index (χ1v) is 9.13. The lowest BCUT2D eigenvalue weighted by atomic mass is 10.0. The van der Waals surface area contributed by atoms with Gasteiger partial charge >= 0.3 is 6.18 Å². The topological polar surface area (TPSA) is 67.8 Å². The van der Waals surface area contributed by atoms with E-state index in [0.29, 0.717) is 11.1 Å². The molecule has 3 aromatic heterocycles. The molecule has 1 N–H and O–H groups in total. The number of hydrogen-bond donors (Lipinski definition) is 1. The van der Waals surface area contributed by atoms with Crippen molar-refractivity contribution < 1.29 is 26.7 Å². The van der Waals surface area contributed by atoms with E-state index in [2.05, 4.69) is 20.3 Å². The third kappa shape index (κ3) is 5.13.